The number of aromatic nitrogens is 2. The van der Waals surface area contributed by atoms with E-state index in [0.29, 0.717) is 11.4 Å². The topological polar surface area (TPSA) is 88.1 Å². The number of hydrogen-bond donors (Lipinski definition) is 0. The molecule has 0 saturated heterocycles. The maximum Gasteiger partial charge on any atom is 2.00 e. The Hall–Kier alpha value is -3.31. The summed E-state index contributed by atoms with van der Waals surface area (Å²) in [5.74, 6) is -0.258. The number of hydrogen-bond acceptors (Lipinski definition) is 4. The van der Waals surface area contributed by atoms with Crippen molar-refractivity contribution in [3.8, 4) is 0 Å². The second-order valence-corrected chi connectivity index (χ2v) is 10.0. The smallest absolute Gasteiger partial charge is 0.625 e. The van der Waals surface area contributed by atoms with Crippen molar-refractivity contribution in [1.29, 1.82) is 0 Å². The molecule has 6 nitrogen and oxygen atoms in total. The molecule has 4 aromatic rings. The number of para-hydroxylation sites is 2. The summed E-state index contributed by atoms with van der Waals surface area (Å²) < 4.78 is 0. The Labute approximate surface area is 216 Å². The molecule has 0 saturated carbocycles. The van der Waals surface area contributed by atoms with Crippen LogP contribution in [0.3, 0.4) is 0 Å². The minimum Gasteiger partial charge on any atom is -0.625 e. The van der Waals surface area contributed by atoms with Crippen LogP contribution in [0.4, 0.5) is 11.4 Å². The van der Waals surface area contributed by atoms with E-state index in [0.717, 1.165) is 21.8 Å². The van der Waals surface area contributed by atoms with Gasteiger partial charge in [0, 0.05) is 23.2 Å². The third-order valence-electron chi connectivity index (χ3n) is 4.95. The van der Waals surface area contributed by atoms with Gasteiger partial charge in [0.15, 0.2) is 0 Å². The zero-order chi connectivity index (χ0) is 24.9. The van der Waals surface area contributed by atoms with Gasteiger partial charge in [-0.1, -0.05) is 90.1 Å². The molecule has 0 aliphatic carbocycles. The molecular formula is C28H30N4NiO2. The summed E-state index contributed by atoms with van der Waals surface area (Å²) in [6.07, 6.45) is 3.42. The molecule has 0 bridgehead atoms. The monoisotopic (exact) mass is 512 g/mol. The predicted molar refractivity (Wildman–Crippen MR) is 138 cm³/mol. The van der Waals surface area contributed by atoms with Gasteiger partial charge in [0.2, 0.25) is 0 Å². The quantitative estimate of drug-likeness (QED) is 0.258. The molecule has 0 radical (unpaired) electrons. The number of benzene rings is 2. The van der Waals surface area contributed by atoms with Crippen molar-refractivity contribution in [1.82, 2.24) is 9.97 Å². The summed E-state index contributed by atoms with van der Waals surface area (Å²) in [6.45, 7) is 11.2. The Morgan fingerprint density at radius 2 is 0.943 bits per heavy atom. The van der Waals surface area contributed by atoms with Crippen LogP contribution in [0.1, 0.15) is 41.5 Å². The fraction of sp³-hybridized carbons (Fsp3) is 0.286. The molecule has 2 amide bonds. The van der Waals surface area contributed by atoms with E-state index >= 15 is 0 Å². The molecule has 2 aromatic heterocycles. The average Bonchev–Trinajstić information content (AvgIpc) is 2.79. The number of carbonyl (C=O) groups is 2. The first-order valence-electron chi connectivity index (χ1n) is 11.2. The summed E-state index contributed by atoms with van der Waals surface area (Å²) in [7, 11) is 0. The zero-order valence-corrected chi connectivity index (χ0v) is 21.8. The van der Waals surface area contributed by atoms with E-state index in [4.69, 9.17) is 0 Å². The normalized spacial score (nSPS) is 11.1. The van der Waals surface area contributed by atoms with Gasteiger partial charge in [0.1, 0.15) is 0 Å². The van der Waals surface area contributed by atoms with Crippen LogP contribution in [-0.4, -0.2) is 21.8 Å². The number of carbonyl (C=O) groups excluding carboxylic acids is 2. The number of nitrogens with zero attached hydrogens (tertiary/aromatic N) is 4. The van der Waals surface area contributed by atoms with E-state index in [1.807, 2.05) is 102 Å². The number of fused-ring (bicyclic) bond motifs is 2. The van der Waals surface area contributed by atoms with Gasteiger partial charge in [0.05, 0.1) is 22.8 Å². The van der Waals surface area contributed by atoms with E-state index in [9.17, 15) is 9.59 Å². The molecule has 0 N–H and O–H groups in total. The van der Waals surface area contributed by atoms with Crippen LogP contribution in [0.2, 0.25) is 0 Å². The van der Waals surface area contributed by atoms with Crippen molar-refractivity contribution in [2.75, 3.05) is 0 Å². The average molecular weight is 513 g/mol. The third kappa shape index (κ3) is 7.34. The molecule has 2 aromatic carbocycles. The van der Waals surface area contributed by atoms with Crippen LogP contribution >= 0.6 is 0 Å². The standard InChI is InChI=1S/2C14H16N2O.Ni/c2*1-14(2,3)13(17)16-11-8-4-6-10-7-5-9-15-12(10)11;/h2*4-9H,1-3H3,(H,16,17);/q;;+2/p-2. The molecular weight excluding hydrogens is 483 g/mol. The summed E-state index contributed by atoms with van der Waals surface area (Å²) in [5.41, 5.74) is 1.90. The summed E-state index contributed by atoms with van der Waals surface area (Å²) in [5, 5.41) is 10.3. The van der Waals surface area contributed by atoms with Crippen molar-refractivity contribution in [3.05, 3.63) is 83.7 Å². The van der Waals surface area contributed by atoms with Crippen LogP contribution in [0.25, 0.3) is 32.4 Å². The number of pyridine rings is 2. The minimum absolute atomic E-state index is 0. The third-order valence-corrected chi connectivity index (χ3v) is 4.95. The van der Waals surface area contributed by atoms with Gasteiger partial charge in [-0.25, -0.2) is 0 Å². The van der Waals surface area contributed by atoms with Crippen molar-refractivity contribution in [2.24, 2.45) is 10.8 Å². The maximum atomic E-state index is 11.9. The van der Waals surface area contributed by atoms with Crippen LogP contribution in [0.5, 0.6) is 0 Å². The molecule has 0 aliphatic rings. The van der Waals surface area contributed by atoms with Crippen LogP contribution in [-0.2, 0) is 26.1 Å². The van der Waals surface area contributed by atoms with E-state index in [-0.39, 0.29) is 28.3 Å². The first kappa shape index (κ1) is 27.9. The molecule has 184 valence electrons. The van der Waals surface area contributed by atoms with Gasteiger partial charge in [-0.2, -0.15) is 0 Å². The summed E-state index contributed by atoms with van der Waals surface area (Å²) in [4.78, 5) is 32.3. The first-order chi connectivity index (χ1) is 16.0. The molecule has 35 heavy (non-hydrogen) atoms. The molecule has 7 heteroatoms. The second kappa shape index (κ2) is 11.4. The van der Waals surface area contributed by atoms with Crippen LogP contribution in [0.15, 0.2) is 73.1 Å². The first-order valence-corrected chi connectivity index (χ1v) is 11.2. The fourth-order valence-electron chi connectivity index (χ4n) is 2.91. The summed E-state index contributed by atoms with van der Waals surface area (Å²) >= 11 is 0. The van der Waals surface area contributed by atoms with Gasteiger partial charge in [-0.05, 0) is 22.9 Å². The van der Waals surface area contributed by atoms with Crippen molar-refractivity contribution >= 4 is 45.0 Å². The van der Waals surface area contributed by atoms with E-state index < -0.39 is 10.8 Å². The Balaban J connectivity index is 0.000000240. The van der Waals surface area contributed by atoms with Gasteiger partial charge in [-0.3, -0.25) is 9.97 Å². The largest absolute Gasteiger partial charge is 2.00 e. The van der Waals surface area contributed by atoms with Gasteiger partial charge in [0.25, 0.3) is 0 Å². The molecule has 2 heterocycles. The van der Waals surface area contributed by atoms with Crippen LogP contribution in [0, 0.1) is 10.8 Å². The Morgan fingerprint density at radius 3 is 1.29 bits per heavy atom. The van der Waals surface area contributed by atoms with E-state index in [1.54, 1.807) is 12.4 Å². The Kier molecular flexibility index (Phi) is 9.11. The maximum absolute atomic E-state index is 11.9. The zero-order valence-electron chi connectivity index (χ0n) is 20.8. The van der Waals surface area contributed by atoms with Gasteiger partial charge in [-0.15, -0.1) is 11.4 Å². The van der Waals surface area contributed by atoms with Crippen molar-refractivity contribution < 1.29 is 26.1 Å². The van der Waals surface area contributed by atoms with Crippen LogP contribution < -0.4 is 0 Å². The SMILES string of the molecule is CC(C)(C)C(=O)[N-]c1cccc2cccnc12.CC(C)(C)C(=O)[N-]c1cccc2cccnc12.[Ni+2]. The predicted octanol–water partition coefficient (Wildman–Crippen LogP) is 7.62. The number of rotatable bonds is 2. The van der Waals surface area contributed by atoms with Crippen molar-refractivity contribution in [2.45, 2.75) is 41.5 Å². The van der Waals surface area contributed by atoms with Gasteiger partial charge < -0.3 is 20.2 Å². The fourth-order valence-corrected chi connectivity index (χ4v) is 2.91. The molecule has 0 atom stereocenters. The van der Waals surface area contributed by atoms with Crippen molar-refractivity contribution in [3.63, 3.8) is 0 Å². The molecule has 0 spiro atoms. The minimum atomic E-state index is -0.461. The molecule has 0 aliphatic heterocycles. The van der Waals surface area contributed by atoms with Gasteiger partial charge >= 0.3 is 16.5 Å². The number of amides is 2. The Morgan fingerprint density at radius 1 is 0.600 bits per heavy atom. The molecule has 0 unspecified atom stereocenters. The Bertz CT molecular complexity index is 1210. The summed E-state index contributed by atoms with van der Waals surface area (Å²) in [6, 6.07) is 19.0. The second-order valence-electron chi connectivity index (χ2n) is 10.0. The molecule has 4 rings (SSSR count). The molecule has 0 fully saturated rings. The van der Waals surface area contributed by atoms with E-state index in [2.05, 4.69) is 20.6 Å². The van der Waals surface area contributed by atoms with E-state index in [1.165, 1.54) is 0 Å².